The molecule has 25 valence electrons. The molecule has 0 aromatic rings. The van der Waals surface area contributed by atoms with Gasteiger partial charge in [0.05, 0.1) is 0 Å². The van der Waals surface area contributed by atoms with Crippen LogP contribution in [0.2, 0.25) is 0 Å². The zero-order chi connectivity index (χ0) is 2.00. The first-order valence-corrected chi connectivity index (χ1v) is 0.204. The molecule has 0 aliphatic carbocycles. The number of nitroso groups, excluding NO2 is 1. The topological polar surface area (TPSA) is 40.9 Å². The summed E-state index contributed by atoms with van der Waals surface area (Å²) in [7, 11) is 0. The molecule has 0 aromatic heterocycles. The Hall–Kier alpha value is 0.340. The first-order valence-electron chi connectivity index (χ1n) is 0.204. The van der Waals surface area contributed by atoms with Crippen molar-refractivity contribution in [2.45, 2.75) is 7.43 Å². The molecule has 0 rings (SSSR count). The van der Waals surface area contributed by atoms with Crippen LogP contribution in [-0.4, -0.2) is 0 Å². The normalized spacial score (nSPS) is 1.00. The van der Waals surface area contributed by atoms with Crippen LogP contribution in [0.3, 0.4) is 0 Å². The Balaban J connectivity index is -0.00000000500. The minimum Gasteiger partial charge on any atom is -0.154 e. The Kier molecular flexibility index (Phi) is 1060. The first-order chi connectivity index (χ1) is 1.00. The molecule has 0 amide bonds. The maximum Gasteiger partial charge on any atom is 0 e. The van der Waals surface area contributed by atoms with Crippen molar-refractivity contribution in [2.24, 2.45) is 0 Å². The van der Waals surface area contributed by atoms with Crippen LogP contribution in [0.15, 0.2) is 0 Å². The van der Waals surface area contributed by atoms with E-state index < -0.39 is 0 Å². The second-order valence-electron chi connectivity index (χ2n) is 0. The van der Waals surface area contributed by atoms with E-state index in [1.54, 1.807) is 0 Å². The van der Waals surface area contributed by atoms with Crippen LogP contribution in [0.1, 0.15) is 7.43 Å². The molecule has 1 N–H and O–H groups in total. The molecule has 0 aliphatic heterocycles. The van der Waals surface area contributed by atoms with Gasteiger partial charge in [0.2, 0.25) is 0 Å². The molecule has 2 nitrogen and oxygen atoms in total. The first kappa shape index (κ1) is 27.0. The van der Waals surface area contributed by atoms with Gasteiger partial charge in [-0.25, -0.2) is 0 Å². The van der Waals surface area contributed by atoms with Gasteiger partial charge in [0.25, 0.3) is 0 Å². The van der Waals surface area contributed by atoms with E-state index in [1.165, 1.54) is 0 Å². The van der Waals surface area contributed by atoms with E-state index in [0.717, 1.165) is 0 Å². The predicted molar refractivity (Wildman–Crippen MR) is 12.8 cm³/mol. The average Bonchev–Trinajstić information content (AvgIpc) is 1.00. The third-order valence-corrected chi connectivity index (χ3v) is 0. The van der Waals surface area contributed by atoms with Crippen molar-refractivity contribution in [1.29, 1.82) is 5.59 Å². The van der Waals surface area contributed by atoms with E-state index in [-0.39, 0.29) is 29.8 Å². The maximum absolute atomic E-state index is 7.50. The molecule has 0 saturated heterocycles. The van der Waals surface area contributed by atoms with Crippen LogP contribution >= 0.6 is 0 Å². The Morgan fingerprint density at radius 1 is 1.25 bits per heavy atom. The van der Waals surface area contributed by atoms with Gasteiger partial charge in [-0.1, -0.05) is 13.0 Å². The van der Waals surface area contributed by atoms with Gasteiger partial charge in [0, 0.05) is 22.4 Å². The van der Waals surface area contributed by atoms with Gasteiger partial charge in [-0.05, 0) is 0 Å². The molecular weight excluding hydrogens is 223 g/mol. The zero-order valence-corrected chi connectivity index (χ0v) is 4.57. The summed E-state index contributed by atoms with van der Waals surface area (Å²) in [6.45, 7) is 0. The molecule has 1 radical (unpaired) electrons. The second-order valence-corrected chi connectivity index (χ2v) is 0. The van der Waals surface area contributed by atoms with Gasteiger partial charge in [-0.3, -0.25) is 0 Å². The molecule has 0 atom stereocenters. The third kappa shape index (κ3) is 36.3. The quantitative estimate of drug-likeness (QED) is 0.616. The molecule has 0 fully saturated rings. The summed E-state index contributed by atoms with van der Waals surface area (Å²) in [5.41, 5.74) is 4.50. The average molecular weight is 228 g/mol. The smallest absolute Gasteiger partial charge is 0 e. The van der Waals surface area contributed by atoms with E-state index >= 15 is 0 Å². The fourth-order valence-electron chi connectivity index (χ4n) is 0. The van der Waals surface area contributed by atoms with Crippen LogP contribution in [0, 0.1) is 10.5 Å². The van der Waals surface area contributed by atoms with Crippen molar-refractivity contribution in [3.05, 3.63) is 4.91 Å². The minimum atomic E-state index is 0. The van der Waals surface area contributed by atoms with Crippen molar-refractivity contribution in [3.8, 4) is 0 Å². The largest absolute Gasteiger partial charge is 0.154 e. The molecular formula is CH5NOTa. The van der Waals surface area contributed by atoms with Crippen LogP contribution in [0.5, 0.6) is 0 Å². The molecule has 3 heteroatoms. The molecule has 4 heavy (non-hydrogen) atoms. The van der Waals surface area contributed by atoms with E-state index in [2.05, 4.69) is 5.59 Å². The fraction of sp³-hybridized carbons (Fsp3) is 1.00. The van der Waals surface area contributed by atoms with Gasteiger partial charge in [-0.2, -0.15) is 4.91 Å². The van der Waals surface area contributed by atoms with Gasteiger partial charge < -0.3 is 0 Å². The molecule has 0 aliphatic rings. The SMILES string of the molecule is C.N=O.[Ta]. The number of rotatable bonds is 0. The maximum atomic E-state index is 7.50. The van der Waals surface area contributed by atoms with Crippen molar-refractivity contribution >= 4 is 0 Å². The molecule has 0 unspecified atom stereocenters. The van der Waals surface area contributed by atoms with Crippen molar-refractivity contribution in [1.82, 2.24) is 0 Å². The summed E-state index contributed by atoms with van der Waals surface area (Å²) in [4.78, 5) is 7.50. The second kappa shape index (κ2) is 158. The Morgan fingerprint density at radius 3 is 1.25 bits per heavy atom. The van der Waals surface area contributed by atoms with Crippen molar-refractivity contribution in [3.63, 3.8) is 0 Å². The van der Waals surface area contributed by atoms with E-state index in [9.17, 15) is 0 Å². The molecule has 0 aromatic carbocycles. The zero-order valence-electron chi connectivity index (χ0n) is 1.36. The number of hydrogen-bond donors (Lipinski definition) is 1. The summed E-state index contributed by atoms with van der Waals surface area (Å²) < 4.78 is 0. The third-order valence-electron chi connectivity index (χ3n) is 0. The van der Waals surface area contributed by atoms with Crippen LogP contribution in [0.25, 0.3) is 0 Å². The number of hydrogen-bond acceptors (Lipinski definition) is 2. The van der Waals surface area contributed by atoms with Crippen LogP contribution in [-0.2, 0) is 22.4 Å². The van der Waals surface area contributed by atoms with Crippen molar-refractivity contribution in [2.75, 3.05) is 0 Å². The summed E-state index contributed by atoms with van der Waals surface area (Å²) >= 11 is 0. The Labute approximate surface area is 40.9 Å². The van der Waals surface area contributed by atoms with Gasteiger partial charge >= 0.3 is 0 Å². The molecule has 0 saturated carbocycles. The van der Waals surface area contributed by atoms with Crippen LogP contribution in [0.4, 0.5) is 0 Å². The van der Waals surface area contributed by atoms with Gasteiger partial charge in [0.1, 0.15) is 0 Å². The Bertz CT molecular complexity index is 8.00. The predicted octanol–water partition coefficient (Wildman–Crippen LogP) is 0.965. The summed E-state index contributed by atoms with van der Waals surface area (Å²) in [6.07, 6.45) is 0. The van der Waals surface area contributed by atoms with Crippen molar-refractivity contribution < 1.29 is 22.4 Å². The minimum absolute atomic E-state index is 0. The standard InChI is InChI=1S/CH4.HNO.Ta/c;1-2;/h1H4;1H;. The van der Waals surface area contributed by atoms with E-state index in [1.807, 2.05) is 0 Å². The van der Waals surface area contributed by atoms with E-state index in [4.69, 9.17) is 4.91 Å². The summed E-state index contributed by atoms with van der Waals surface area (Å²) in [5.74, 6) is 0. The Morgan fingerprint density at radius 2 is 1.25 bits per heavy atom. The monoisotopic (exact) mass is 228 g/mol. The van der Waals surface area contributed by atoms with Gasteiger partial charge in [-0.15, -0.1) is 0 Å². The summed E-state index contributed by atoms with van der Waals surface area (Å²) in [5, 5.41) is 0. The van der Waals surface area contributed by atoms with E-state index in [0.29, 0.717) is 0 Å². The number of nitrogens with one attached hydrogen (secondary N) is 1. The molecule has 0 heterocycles. The fourth-order valence-corrected chi connectivity index (χ4v) is 0. The molecule has 0 bridgehead atoms. The summed E-state index contributed by atoms with van der Waals surface area (Å²) in [6, 6.07) is 0. The van der Waals surface area contributed by atoms with Crippen LogP contribution < -0.4 is 0 Å². The van der Waals surface area contributed by atoms with Gasteiger partial charge in [0.15, 0.2) is 0 Å². The molecule has 0 spiro atoms.